The Hall–Kier alpha value is -3.49. The third-order valence-corrected chi connectivity index (χ3v) is 5.51. The summed E-state index contributed by atoms with van der Waals surface area (Å²) in [6.07, 6.45) is 0. The Kier molecular flexibility index (Phi) is 5.35. The van der Waals surface area contributed by atoms with Crippen molar-refractivity contribution in [2.75, 3.05) is 0 Å². The van der Waals surface area contributed by atoms with Crippen molar-refractivity contribution in [1.29, 1.82) is 0 Å². The molecule has 0 atom stereocenters. The average molecular weight is 440 g/mol. The summed E-state index contributed by atoms with van der Waals surface area (Å²) < 4.78 is 7.47. The fourth-order valence-corrected chi connectivity index (χ4v) is 3.90. The number of aryl methyl sites for hydroxylation is 1. The molecule has 0 unspecified atom stereocenters. The van der Waals surface area contributed by atoms with Gasteiger partial charge in [-0.3, -0.25) is 19.5 Å². The molecule has 0 N–H and O–H groups in total. The topological polar surface area (TPSA) is 90.6 Å². The lowest BCUT2D eigenvalue weighted by atomic mass is 10.1. The summed E-state index contributed by atoms with van der Waals surface area (Å²) >= 11 is 7.30. The number of nitrogens with zero attached hydrogens (tertiary/aromatic N) is 3. The van der Waals surface area contributed by atoms with E-state index in [1.807, 2.05) is 29.0 Å². The van der Waals surface area contributed by atoms with Crippen molar-refractivity contribution in [3.05, 3.63) is 97.4 Å². The Labute approximate surface area is 179 Å². The third-order valence-electron chi connectivity index (χ3n) is 4.32. The van der Waals surface area contributed by atoms with Crippen LogP contribution in [-0.4, -0.2) is 15.4 Å². The first kappa shape index (κ1) is 19.8. The molecule has 2 heterocycles. The molecular weight excluding hydrogens is 426 g/mol. The molecular formula is C21H14ClN3O4S. The van der Waals surface area contributed by atoms with Gasteiger partial charge in [0.15, 0.2) is 10.6 Å². The highest BCUT2D eigenvalue weighted by atomic mass is 35.5. The number of thiazole rings is 1. The monoisotopic (exact) mass is 439 g/mol. The predicted molar refractivity (Wildman–Crippen MR) is 114 cm³/mol. The van der Waals surface area contributed by atoms with Crippen molar-refractivity contribution in [2.24, 2.45) is 4.99 Å². The molecule has 4 rings (SSSR count). The standard InChI is InChI=1S/C21H14ClN3O4S/c1-13-12-30-21(24(13)16-7-5-15(22)6-8-16)23-20(26)19-10-9-18(29-19)14-3-2-4-17(11-14)25(27)28/h2-12H,1H3. The number of nitro benzene ring substituents is 1. The summed E-state index contributed by atoms with van der Waals surface area (Å²) in [4.78, 5) is 27.9. The summed E-state index contributed by atoms with van der Waals surface area (Å²) in [6.45, 7) is 1.92. The van der Waals surface area contributed by atoms with Crippen LogP contribution in [-0.2, 0) is 0 Å². The Morgan fingerprint density at radius 3 is 2.67 bits per heavy atom. The van der Waals surface area contributed by atoms with Gasteiger partial charge in [0.2, 0.25) is 0 Å². The Morgan fingerprint density at radius 2 is 1.93 bits per heavy atom. The average Bonchev–Trinajstić information content (AvgIpc) is 3.36. The molecule has 0 aliphatic rings. The SMILES string of the molecule is Cc1csc(=NC(=O)c2ccc(-c3cccc([N+](=O)[O-])c3)o2)n1-c1ccc(Cl)cc1. The van der Waals surface area contributed by atoms with Crippen LogP contribution >= 0.6 is 22.9 Å². The van der Waals surface area contributed by atoms with Crippen LogP contribution in [0.1, 0.15) is 16.2 Å². The lowest BCUT2D eigenvalue weighted by molar-refractivity contribution is -0.384. The molecule has 4 aromatic rings. The number of hydrogen-bond donors (Lipinski definition) is 0. The first-order chi connectivity index (χ1) is 14.4. The van der Waals surface area contributed by atoms with E-state index in [2.05, 4.69) is 4.99 Å². The van der Waals surface area contributed by atoms with E-state index in [9.17, 15) is 14.9 Å². The van der Waals surface area contributed by atoms with Crippen LogP contribution < -0.4 is 4.80 Å². The smallest absolute Gasteiger partial charge is 0.315 e. The Balaban J connectivity index is 1.68. The van der Waals surface area contributed by atoms with Gasteiger partial charge in [0.25, 0.3) is 5.69 Å². The number of carbonyl (C=O) groups excluding carboxylic acids is 1. The number of aromatic nitrogens is 1. The lowest BCUT2D eigenvalue weighted by Gasteiger charge is -2.05. The van der Waals surface area contributed by atoms with E-state index < -0.39 is 10.8 Å². The summed E-state index contributed by atoms with van der Waals surface area (Å²) in [7, 11) is 0. The van der Waals surface area contributed by atoms with E-state index in [0.29, 0.717) is 21.1 Å². The van der Waals surface area contributed by atoms with Crippen molar-refractivity contribution in [1.82, 2.24) is 4.57 Å². The second-order valence-electron chi connectivity index (χ2n) is 6.36. The van der Waals surface area contributed by atoms with Crippen molar-refractivity contribution in [3.8, 4) is 17.0 Å². The van der Waals surface area contributed by atoms with Gasteiger partial charge in [-0.2, -0.15) is 4.99 Å². The van der Waals surface area contributed by atoms with Gasteiger partial charge >= 0.3 is 5.91 Å². The van der Waals surface area contributed by atoms with E-state index in [-0.39, 0.29) is 11.4 Å². The molecule has 0 fully saturated rings. The van der Waals surface area contributed by atoms with Crippen molar-refractivity contribution < 1.29 is 14.1 Å². The molecule has 2 aromatic carbocycles. The molecule has 9 heteroatoms. The summed E-state index contributed by atoms with van der Waals surface area (Å²) in [5.74, 6) is -0.147. The zero-order chi connectivity index (χ0) is 21.3. The Morgan fingerprint density at radius 1 is 1.17 bits per heavy atom. The van der Waals surface area contributed by atoms with Crippen molar-refractivity contribution in [2.45, 2.75) is 6.92 Å². The molecule has 1 amide bonds. The zero-order valence-corrected chi connectivity index (χ0v) is 17.2. The van der Waals surface area contributed by atoms with Gasteiger partial charge in [-0.1, -0.05) is 23.7 Å². The quantitative estimate of drug-likeness (QED) is 0.314. The molecule has 0 aliphatic carbocycles. The van der Waals surface area contributed by atoms with Gasteiger partial charge in [0, 0.05) is 39.5 Å². The van der Waals surface area contributed by atoms with Crippen LogP contribution in [0.15, 0.2) is 75.5 Å². The molecule has 0 saturated carbocycles. The number of rotatable bonds is 4. The minimum absolute atomic E-state index is 0.0465. The second kappa shape index (κ2) is 8.10. The maximum Gasteiger partial charge on any atom is 0.315 e. The molecule has 0 saturated heterocycles. The molecule has 0 aliphatic heterocycles. The number of hydrogen-bond acceptors (Lipinski definition) is 5. The van der Waals surface area contributed by atoms with Crippen LogP contribution in [0, 0.1) is 17.0 Å². The molecule has 30 heavy (non-hydrogen) atoms. The Bertz CT molecular complexity index is 1320. The number of furan rings is 1. The van der Waals surface area contributed by atoms with Gasteiger partial charge in [-0.25, -0.2) is 0 Å². The predicted octanol–water partition coefficient (Wildman–Crippen LogP) is 5.41. The number of carbonyl (C=O) groups is 1. The van der Waals surface area contributed by atoms with Gasteiger partial charge in [0.05, 0.1) is 4.92 Å². The maximum absolute atomic E-state index is 12.7. The maximum atomic E-state index is 12.7. The second-order valence-corrected chi connectivity index (χ2v) is 7.63. The van der Waals surface area contributed by atoms with Crippen LogP contribution in [0.4, 0.5) is 5.69 Å². The fraction of sp³-hybridized carbons (Fsp3) is 0.0476. The normalized spacial score (nSPS) is 11.6. The fourth-order valence-electron chi connectivity index (χ4n) is 2.90. The number of non-ortho nitro benzene ring substituents is 1. The summed E-state index contributed by atoms with van der Waals surface area (Å²) in [6, 6.07) is 16.3. The number of benzene rings is 2. The van der Waals surface area contributed by atoms with Gasteiger partial charge in [-0.15, -0.1) is 11.3 Å². The molecule has 0 spiro atoms. The van der Waals surface area contributed by atoms with E-state index in [0.717, 1.165) is 11.4 Å². The molecule has 2 aromatic heterocycles. The van der Waals surface area contributed by atoms with E-state index in [4.69, 9.17) is 16.0 Å². The summed E-state index contributed by atoms with van der Waals surface area (Å²) in [5, 5.41) is 13.5. The molecule has 150 valence electrons. The highest BCUT2D eigenvalue weighted by Crippen LogP contribution is 2.26. The van der Waals surface area contributed by atoms with Gasteiger partial charge < -0.3 is 4.42 Å². The highest BCUT2D eigenvalue weighted by molar-refractivity contribution is 7.07. The van der Waals surface area contributed by atoms with E-state index in [1.165, 1.54) is 29.5 Å². The van der Waals surface area contributed by atoms with Crippen molar-refractivity contribution in [3.63, 3.8) is 0 Å². The van der Waals surface area contributed by atoms with Crippen LogP contribution in [0.25, 0.3) is 17.0 Å². The van der Waals surface area contributed by atoms with Gasteiger partial charge in [0.1, 0.15) is 5.76 Å². The minimum Gasteiger partial charge on any atom is -0.451 e. The van der Waals surface area contributed by atoms with E-state index >= 15 is 0 Å². The highest BCUT2D eigenvalue weighted by Gasteiger charge is 2.15. The van der Waals surface area contributed by atoms with Gasteiger partial charge in [-0.05, 0) is 43.3 Å². The minimum atomic E-state index is -0.545. The number of amides is 1. The summed E-state index contributed by atoms with van der Waals surface area (Å²) in [5.41, 5.74) is 2.21. The third kappa shape index (κ3) is 3.96. The molecule has 7 nitrogen and oxygen atoms in total. The van der Waals surface area contributed by atoms with E-state index in [1.54, 1.807) is 30.3 Å². The number of nitro groups is 1. The lowest BCUT2D eigenvalue weighted by Crippen LogP contribution is -2.16. The van der Waals surface area contributed by atoms with Crippen LogP contribution in [0.3, 0.4) is 0 Å². The van der Waals surface area contributed by atoms with Crippen molar-refractivity contribution >= 4 is 34.5 Å². The van der Waals surface area contributed by atoms with Crippen LogP contribution in [0.2, 0.25) is 5.02 Å². The molecule has 0 bridgehead atoms. The molecule has 0 radical (unpaired) electrons. The number of halogens is 1. The zero-order valence-electron chi connectivity index (χ0n) is 15.6. The largest absolute Gasteiger partial charge is 0.451 e. The first-order valence-electron chi connectivity index (χ1n) is 8.79. The van der Waals surface area contributed by atoms with Crippen LogP contribution in [0.5, 0.6) is 0 Å². The first-order valence-corrected chi connectivity index (χ1v) is 10.0.